The number of non-ortho nitro benzene ring substituents is 1. The lowest BCUT2D eigenvalue weighted by Crippen LogP contribution is -2.28. The highest BCUT2D eigenvalue weighted by Gasteiger charge is 2.36. The van der Waals surface area contributed by atoms with Crippen LogP contribution in [0, 0.1) is 10.1 Å². The zero-order valence-corrected chi connectivity index (χ0v) is 18.6. The first-order valence-electron chi connectivity index (χ1n) is 9.51. The zero-order chi connectivity index (χ0) is 22.8. The first-order valence-corrected chi connectivity index (χ1v) is 12.8. The Balaban J connectivity index is 2.01. The lowest BCUT2D eigenvalue weighted by molar-refractivity contribution is -0.384. The largest absolute Gasteiger partial charge is 0.284 e. The van der Waals surface area contributed by atoms with Gasteiger partial charge in [-0.3, -0.25) is 14.8 Å². The zero-order valence-electron chi connectivity index (χ0n) is 16.9. The van der Waals surface area contributed by atoms with E-state index in [0.29, 0.717) is 22.5 Å². The Hall–Kier alpha value is -2.99. The Kier molecular flexibility index (Phi) is 6.32. The summed E-state index contributed by atoms with van der Waals surface area (Å²) >= 11 is 0. The van der Waals surface area contributed by atoms with Crippen molar-refractivity contribution in [1.82, 2.24) is 4.41 Å². The van der Waals surface area contributed by atoms with Gasteiger partial charge in [0, 0.05) is 24.2 Å². The van der Waals surface area contributed by atoms with Crippen molar-refractivity contribution in [2.45, 2.75) is 26.3 Å². The fraction of sp³-hybridized carbons (Fsp3) is 0.316. The molecule has 0 amide bonds. The van der Waals surface area contributed by atoms with Crippen molar-refractivity contribution in [3.8, 4) is 0 Å². The maximum Gasteiger partial charge on any atom is 0.269 e. The predicted octanol–water partition coefficient (Wildman–Crippen LogP) is 2.86. The van der Waals surface area contributed by atoms with Gasteiger partial charge in [0.05, 0.1) is 28.2 Å². The number of hydrogen-bond donors (Lipinski definition) is 1. The van der Waals surface area contributed by atoms with Gasteiger partial charge in [0.1, 0.15) is 0 Å². The third kappa shape index (κ3) is 5.02. The molecule has 1 aliphatic rings. The van der Waals surface area contributed by atoms with E-state index in [1.54, 1.807) is 30.3 Å². The summed E-state index contributed by atoms with van der Waals surface area (Å²) in [5, 5.41) is 15.5. The van der Waals surface area contributed by atoms with Gasteiger partial charge in [-0.15, -0.1) is 0 Å². The van der Waals surface area contributed by atoms with Crippen LogP contribution in [-0.4, -0.2) is 43.4 Å². The first kappa shape index (κ1) is 22.7. The van der Waals surface area contributed by atoms with Gasteiger partial charge in [-0.2, -0.15) is 9.52 Å². The van der Waals surface area contributed by atoms with E-state index in [9.17, 15) is 26.9 Å². The summed E-state index contributed by atoms with van der Waals surface area (Å²) in [4.78, 5) is 10.6. The molecule has 0 bridgehead atoms. The molecule has 1 N–H and O–H groups in total. The van der Waals surface area contributed by atoms with E-state index < -0.39 is 31.0 Å². The Labute approximate surface area is 180 Å². The second-order valence-electron chi connectivity index (χ2n) is 6.88. The van der Waals surface area contributed by atoms with Crippen LogP contribution in [0.4, 0.5) is 11.4 Å². The number of anilines is 1. The molecule has 10 nitrogen and oxygen atoms in total. The highest BCUT2D eigenvalue weighted by Crippen LogP contribution is 2.36. The number of nitro benzene ring substituents is 1. The Morgan fingerprint density at radius 3 is 2.45 bits per heavy atom. The van der Waals surface area contributed by atoms with E-state index in [1.807, 2.05) is 0 Å². The van der Waals surface area contributed by atoms with Gasteiger partial charge in [-0.05, 0) is 37.1 Å². The maximum atomic E-state index is 12.7. The first-order chi connectivity index (χ1) is 14.6. The average Bonchev–Trinajstić information content (AvgIpc) is 3.20. The molecule has 2 aromatic carbocycles. The molecular weight excluding hydrogens is 444 g/mol. The molecule has 12 heteroatoms. The Morgan fingerprint density at radius 1 is 1.10 bits per heavy atom. The number of hydrogen-bond acceptors (Lipinski definition) is 7. The lowest BCUT2D eigenvalue weighted by Gasteiger charge is -2.22. The van der Waals surface area contributed by atoms with Crippen molar-refractivity contribution < 1.29 is 21.8 Å². The molecule has 0 fully saturated rings. The number of sulfonamides is 2. The molecule has 0 aliphatic carbocycles. The number of nitrogens with zero attached hydrogens (tertiary/aromatic N) is 3. The summed E-state index contributed by atoms with van der Waals surface area (Å²) in [5.74, 6) is -0.277. The molecule has 0 radical (unpaired) electrons. The van der Waals surface area contributed by atoms with Crippen LogP contribution < -0.4 is 4.72 Å². The smallest absolute Gasteiger partial charge is 0.269 e. The molecule has 2 aromatic rings. The van der Waals surface area contributed by atoms with E-state index in [-0.39, 0.29) is 23.6 Å². The summed E-state index contributed by atoms with van der Waals surface area (Å²) < 4.78 is 52.5. The lowest BCUT2D eigenvalue weighted by atomic mass is 9.98. The van der Waals surface area contributed by atoms with Crippen LogP contribution in [0.5, 0.6) is 0 Å². The van der Waals surface area contributed by atoms with Crippen molar-refractivity contribution in [2.75, 3.05) is 16.2 Å². The van der Waals surface area contributed by atoms with Gasteiger partial charge < -0.3 is 0 Å². The minimum atomic E-state index is -3.75. The number of benzene rings is 2. The second kappa shape index (κ2) is 8.63. The molecule has 0 aromatic heterocycles. The van der Waals surface area contributed by atoms with Crippen LogP contribution >= 0.6 is 0 Å². The summed E-state index contributed by atoms with van der Waals surface area (Å²) in [5.41, 5.74) is 1.64. The molecular formula is C19H22N4O6S2. The fourth-order valence-corrected chi connectivity index (χ4v) is 4.86. The average molecular weight is 467 g/mol. The minimum absolute atomic E-state index is 0.0877. The Morgan fingerprint density at radius 2 is 1.81 bits per heavy atom. The molecule has 0 spiro atoms. The van der Waals surface area contributed by atoms with Crippen LogP contribution in [0.25, 0.3) is 0 Å². The van der Waals surface area contributed by atoms with Crippen LogP contribution in [0.3, 0.4) is 0 Å². The summed E-state index contributed by atoms with van der Waals surface area (Å²) in [6.45, 7) is 3.01. The van der Waals surface area contributed by atoms with Gasteiger partial charge in [0.25, 0.3) is 5.69 Å². The third-order valence-corrected chi connectivity index (χ3v) is 7.78. The van der Waals surface area contributed by atoms with Gasteiger partial charge in [-0.25, -0.2) is 16.8 Å². The number of nitrogens with one attached hydrogen (secondary N) is 1. The molecule has 166 valence electrons. The van der Waals surface area contributed by atoms with Gasteiger partial charge in [0.15, 0.2) is 0 Å². The highest BCUT2D eigenvalue weighted by atomic mass is 32.2. The molecule has 1 heterocycles. The van der Waals surface area contributed by atoms with Gasteiger partial charge >= 0.3 is 0 Å². The quantitative estimate of drug-likeness (QED) is 0.469. The maximum absolute atomic E-state index is 12.7. The fourth-order valence-electron chi connectivity index (χ4n) is 3.16. The topological polar surface area (TPSA) is 139 Å². The number of rotatable bonds is 8. The normalized spacial score (nSPS) is 16.8. The van der Waals surface area contributed by atoms with Crippen LogP contribution in [0.1, 0.15) is 37.4 Å². The SMILES string of the molecule is CCS(=O)(=O)Nc1cccc(C2=NN(S(=O)(=O)CC)[C@H](c3cccc([N+](=O)[O-])c3)C2)c1. The number of hydrazone groups is 1. The van der Waals surface area contributed by atoms with Crippen molar-refractivity contribution >= 4 is 37.1 Å². The molecule has 0 saturated heterocycles. The van der Waals surface area contributed by atoms with E-state index in [0.717, 1.165) is 4.41 Å². The van der Waals surface area contributed by atoms with Gasteiger partial charge in [-0.1, -0.05) is 24.3 Å². The summed E-state index contributed by atoms with van der Waals surface area (Å²) in [6, 6.07) is 11.6. The number of nitro groups is 1. The van der Waals surface area contributed by atoms with E-state index in [2.05, 4.69) is 9.82 Å². The minimum Gasteiger partial charge on any atom is -0.284 e. The molecule has 31 heavy (non-hydrogen) atoms. The van der Waals surface area contributed by atoms with Gasteiger partial charge in [0.2, 0.25) is 20.0 Å². The monoisotopic (exact) mass is 466 g/mol. The van der Waals surface area contributed by atoms with Crippen LogP contribution in [0.15, 0.2) is 53.6 Å². The molecule has 3 rings (SSSR count). The van der Waals surface area contributed by atoms with Crippen LogP contribution in [-0.2, 0) is 20.0 Å². The highest BCUT2D eigenvalue weighted by molar-refractivity contribution is 7.92. The standard InChI is InChI=1S/C19H22N4O6S2/c1-3-30(26,27)21-16-9-5-7-14(11-16)18-13-19(22(20-18)31(28,29)4-2)15-8-6-10-17(12-15)23(24)25/h5-12,19,21H,3-4,13H2,1-2H3/t19-/m0/s1. The van der Waals surface area contributed by atoms with E-state index in [1.165, 1.54) is 32.0 Å². The van der Waals surface area contributed by atoms with Crippen molar-refractivity contribution in [2.24, 2.45) is 5.10 Å². The van der Waals surface area contributed by atoms with E-state index >= 15 is 0 Å². The van der Waals surface area contributed by atoms with Crippen molar-refractivity contribution in [3.05, 3.63) is 69.8 Å². The second-order valence-corrected chi connectivity index (χ2v) is 11.0. The third-order valence-electron chi connectivity index (χ3n) is 4.84. The molecule has 0 saturated carbocycles. The molecule has 1 aliphatic heterocycles. The van der Waals surface area contributed by atoms with E-state index in [4.69, 9.17) is 0 Å². The Bertz CT molecular complexity index is 1240. The molecule has 0 unspecified atom stereocenters. The van der Waals surface area contributed by atoms with Crippen LogP contribution in [0.2, 0.25) is 0 Å². The van der Waals surface area contributed by atoms with Crippen molar-refractivity contribution in [3.63, 3.8) is 0 Å². The summed E-state index contributed by atoms with van der Waals surface area (Å²) in [7, 11) is -7.23. The predicted molar refractivity (Wildman–Crippen MR) is 118 cm³/mol. The van der Waals surface area contributed by atoms with Crippen molar-refractivity contribution in [1.29, 1.82) is 0 Å². The summed E-state index contributed by atoms with van der Waals surface area (Å²) in [6.07, 6.45) is 0.185. The molecule has 1 atom stereocenters.